The van der Waals surface area contributed by atoms with E-state index < -0.39 is 5.97 Å². The minimum atomic E-state index is -0.688. The number of rotatable bonds is 7. The van der Waals surface area contributed by atoms with Crippen LogP contribution >= 0.6 is 11.6 Å². The van der Waals surface area contributed by atoms with Crippen LogP contribution in [-0.2, 0) is 11.3 Å². The van der Waals surface area contributed by atoms with Crippen LogP contribution in [0.3, 0.4) is 0 Å². The maximum atomic E-state index is 11.0. The van der Waals surface area contributed by atoms with Crippen LogP contribution in [0.15, 0.2) is 12.1 Å². The predicted octanol–water partition coefficient (Wildman–Crippen LogP) is 3.43. The zero-order valence-electron chi connectivity index (χ0n) is 13.7. The van der Waals surface area contributed by atoms with Gasteiger partial charge < -0.3 is 14.6 Å². The van der Waals surface area contributed by atoms with Crippen LogP contribution in [0.5, 0.6) is 11.5 Å². The van der Waals surface area contributed by atoms with Crippen LogP contribution in [0.2, 0.25) is 5.02 Å². The van der Waals surface area contributed by atoms with Crippen LogP contribution in [0.4, 0.5) is 0 Å². The average Bonchev–Trinajstić information content (AvgIpc) is 2.54. The largest absolute Gasteiger partial charge is 0.493 e. The summed E-state index contributed by atoms with van der Waals surface area (Å²) in [6, 6.07) is 3.85. The van der Waals surface area contributed by atoms with Gasteiger partial charge >= 0.3 is 5.97 Å². The van der Waals surface area contributed by atoms with Crippen LogP contribution in [0.1, 0.15) is 31.7 Å². The molecule has 0 aromatic heterocycles. The number of hydrogen-bond donors (Lipinski definition) is 1. The van der Waals surface area contributed by atoms with E-state index in [1.807, 2.05) is 19.1 Å². The molecule has 1 saturated heterocycles. The van der Waals surface area contributed by atoms with Gasteiger partial charge in [0.2, 0.25) is 0 Å². The summed E-state index contributed by atoms with van der Waals surface area (Å²) in [5, 5.41) is 9.60. The van der Waals surface area contributed by atoms with E-state index in [4.69, 9.17) is 26.2 Å². The molecule has 1 aromatic rings. The van der Waals surface area contributed by atoms with Crippen molar-refractivity contribution in [3.05, 3.63) is 22.7 Å². The third-order valence-electron chi connectivity index (χ3n) is 4.08. The molecule has 1 aliphatic rings. The number of carboxylic acid groups (broad SMARTS) is 1. The fraction of sp³-hybridized carbons (Fsp3) is 0.588. The standard InChI is InChI=1S/C17H24ClNO4/c1-3-8-23-16-14(18)9-12(10-15(16)22-2)11-19-6-4-13(5-7-19)17(20)21/h9-10,13H,3-8,11H2,1-2H3,(H,20,21). The zero-order chi connectivity index (χ0) is 16.8. The van der Waals surface area contributed by atoms with Gasteiger partial charge in [-0.25, -0.2) is 0 Å². The first kappa shape index (κ1) is 17.9. The van der Waals surface area contributed by atoms with Crippen molar-refractivity contribution in [3.63, 3.8) is 0 Å². The minimum Gasteiger partial charge on any atom is -0.493 e. The SMILES string of the molecule is CCCOc1c(Cl)cc(CN2CCC(C(=O)O)CC2)cc1OC. The van der Waals surface area contributed by atoms with E-state index in [1.165, 1.54) is 0 Å². The van der Waals surface area contributed by atoms with E-state index in [0.29, 0.717) is 36.0 Å². The highest BCUT2D eigenvalue weighted by atomic mass is 35.5. The monoisotopic (exact) mass is 341 g/mol. The van der Waals surface area contributed by atoms with Crippen molar-refractivity contribution in [2.75, 3.05) is 26.8 Å². The number of ether oxygens (including phenoxy) is 2. The van der Waals surface area contributed by atoms with E-state index in [1.54, 1.807) is 7.11 Å². The number of halogens is 1. The molecular formula is C17H24ClNO4. The number of carbonyl (C=O) groups is 1. The Morgan fingerprint density at radius 2 is 2.09 bits per heavy atom. The van der Waals surface area contributed by atoms with Gasteiger partial charge in [-0.2, -0.15) is 0 Å². The lowest BCUT2D eigenvalue weighted by atomic mass is 9.97. The molecule has 1 heterocycles. The first-order chi connectivity index (χ1) is 11.0. The first-order valence-electron chi connectivity index (χ1n) is 7.99. The Morgan fingerprint density at radius 1 is 1.39 bits per heavy atom. The Labute approximate surface area is 142 Å². The van der Waals surface area contributed by atoms with Crippen molar-refractivity contribution in [1.29, 1.82) is 0 Å². The lowest BCUT2D eigenvalue weighted by Crippen LogP contribution is -2.35. The molecule has 0 aliphatic carbocycles. The molecule has 0 bridgehead atoms. The van der Waals surface area contributed by atoms with Gasteiger partial charge in [0.25, 0.3) is 0 Å². The zero-order valence-corrected chi connectivity index (χ0v) is 14.4. The van der Waals surface area contributed by atoms with Gasteiger partial charge in [0.05, 0.1) is 24.7 Å². The summed E-state index contributed by atoms with van der Waals surface area (Å²) in [6.07, 6.45) is 2.29. The lowest BCUT2D eigenvalue weighted by molar-refractivity contribution is -0.143. The Hall–Kier alpha value is -1.46. The summed E-state index contributed by atoms with van der Waals surface area (Å²) in [7, 11) is 1.60. The van der Waals surface area contributed by atoms with Crippen molar-refractivity contribution in [2.24, 2.45) is 5.92 Å². The maximum absolute atomic E-state index is 11.0. The Kier molecular flexibility index (Phi) is 6.54. The van der Waals surface area contributed by atoms with E-state index in [0.717, 1.165) is 31.6 Å². The number of methoxy groups -OCH3 is 1. The Morgan fingerprint density at radius 3 is 2.65 bits per heavy atom. The van der Waals surface area contributed by atoms with Crippen molar-refractivity contribution in [3.8, 4) is 11.5 Å². The highest BCUT2D eigenvalue weighted by molar-refractivity contribution is 6.32. The quantitative estimate of drug-likeness (QED) is 0.823. The van der Waals surface area contributed by atoms with Crippen molar-refractivity contribution in [2.45, 2.75) is 32.7 Å². The van der Waals surface area contributed by atoms with Crippen LogP contribution in [-0.4, -0.2) is 42.8 Å². The lowest BCUT2D eigenvalue weighted by Gasteiger charge is -2.30. The second-order valence-corrected chi connectivity index (χ2v) is 6.25. The molecule has 6 heteroatoms. The topological polar surface area (TPSA) is 59.0 Å². The van der Waals surface area contributed by atoms with Gasteiger partial charge in [0.1, 0.15) is 0 Å². The second-order valence-electron chi connectivity index (χ2n) is 5.85. The molecule has 0 saturated carbocycles. The number of benzene rings is 1. The van der Waals surface area contributed by atoms with Crippen LogP contribution < -0.4 is 9.47 Å². The van der Waals surface area contributed by atoms with Gasteiger partial charge in [-0.15, -0.1) is 0 Å². The summed E-state index contributed by atoms with van der Waals surface area (Å²) in [5.74, 6) is 0.326. The van der Waals surface area contributed by atoms with Gasteiger partial charge in [-0.1, -0.05) is 18.5 Å². The molecule has 0 amide bonds. The van der Waals surface area contributed by atoms with E-state index in [2.05, 4.69) is 4.90 Å². The van der Waals surface area contributed by atoms with E-state index >= 15 is 0 Å². The molecule has 1 aliphatic heterocycles. The normalized spacial score (nSPS) is 16.3. The summed E-state index contributed by atoms with van der Waals surface area (Å²) in [6.45, 7) is 4.93. The number of nitrogens with zero attached hydrogens (tertiary/aromatic N) is 1. The van der Waals surface area contributed by atoms with Crippen molar-refractivity contribution >= 4 is 17.6 Å². The number of hydrogen-bond acceptors (Lipinski definition) is 4. The van der Waals surface area contributed by atoms with Gasteiger partial charge in [0, 0.05) is 6.54 Å². The number of aliphatic carboxylic acids is 1. The maximum Gasteiger partial charge on any atom is 0.306 e. The molecule has 1 aromatic carbocycles. The molecule has 0 radical (unpaired) electrons. The first-order valence-corrected chi connectivity index (χ1v) is 8.37. The Bertz CT molecular complexity index is 542. The fourth-order valence-electron chi connectivity index (χ4n) is 2.80. The third kappa shape index (κ3) is 4.75. The molecule has 1 N–H and O–H groups in total. The van der Waals surface area contributed by atoms with E-state index in [-0.39, 0.29) is 5.92 Å². The number of carboxylic acids is 1. The molecule has 5 nitrogen and oxygen atoms in total. The molecule has 0 spiro atoms. The molecule has 2 rings (SSSR count). The van der Waals surface area contributed by atoms with Crippen molar-refractivity contribution < 1.29 is 19.4 Å². The number of piperidine rings is 1. The fourth-order valence-corrected chi connectivity index (χ4v) is 3.09. The second kappa shape index (κ2) is 8.41. The Balaban J connectivity index is 2.03. The van der Waals surface area contributed by atoms with Crippen LogP contribution in [0, 0.1) is 5.92 Å². The van der Waals surface area contributed by atoms with Gasteiger partial charge in [-0.05, 0) is 50.0 Å². The summed E-state index contributed by atoms with van der Waals surface area (Å²) >= 11 is 6.33. The third-order valence-corrected chi connectivity index (χ3v) is 4.36. The van der Waals surface area contributed by atoms with Crippen LogP contribution in [0.25, 0.3) is 0 Å². The minimum absolute atomic E-state index is 0.214. The summed E-state index contributed by atoms with van der Waals surface area (Å²) in [5.41, 5.74) is 1.05. The van der Waals surface area contributed by atoms with Gasteiger partial charge in [-0.3, -0.25) is 9.69 Å². The highest BCUT2D eigenvalue weighted by Crippen LogP contribution is 2.37. The summed E-state index contributed by atoms with van der Waals surface area (Å²) in [4.78, 5) is 13.3. The molecular weight excluding hydrogens is 318 g/mol. The predicted molar refractivity (Wildman–Crippen MR) is 89.4 cm³/mol. The summed E-state index contributed by atoms with van der Waals surface area (Å²) < 4.78 is 11.1. The van der Waals surface area contributed by atoms with Crippen molar-refractivity contribution in [1.82, 2.24) is 4.90 Å². The molecule has 0 unspecified atom stereocenters. The molecule has 128 valence electrons. The molecule has 23 heavy (non-hydrogen) atoms. The van der Waals surface area contributed by atoms with E-state index in [9.17, 15) is 4.79 Å². The van der Waals surface area contributed by atoms with Gasteiger partial charge in [0.15, 0.2) is 11.5 Å². The molecule has 0 atom stereocenters. The smallest absolute Gasteiger partial charge is 0.306 e. The highest BCUT2D eigenvalue weighted by Gasteiger charge is 2.24. The number of likely N-dealkylation sites (tertiary alicyclic amines) is 1. The molecule has 1 fully saturated rings. The average molecular weight is 342 g/mol.